The van der Waals surface area contributed by atoms with Gasteiger partial charge in [-0.2, -0.15) is 0 Å². The quantitative estimate of drug-likeness (QED) is 0.244. The van der Waals surface area contributed by atoms with Gasteiger partial charge in [0.25, 0.3) is 5.91 Å². The molecule has 0 unspecified atom stereocenters. The molecule has 2 heterocycles. The zero-order chi connectivity index (χ0) is 22.8. The summed E-state index contributed by atoms with van der Waals surface area (Å²) in [5, 5.41) is 0.469. The number of hydrogen-bond donors (Lipinski definition) is 0. The highest BCUT2D eigenvalue weighted by Gasteiger charge is 2.26. The average Bonchev–Trinajstić information content (AvgIpc) is 3.48. The van der Waals surface area contributed by atoms with Gasteiger partial charge in [-0.25, -0.2) is 4.98 Å². The number of benzene rings is 3. The van der Waals surface area contributed by atoms with Crippen LogP contribution in [-0.2, 0) is 13.1 Å². The van der Waals surface area contributed by atoms with Crippen molar-refractivity contribution in [3.05, 3.63) is 118 Å². The normalized spacial score (nSPS) is 11.1. The van der Waals surface area contributed by atoms with E-state index in [2.05, 4.69) is 32.6 Å². The van der Waals surface area contributed by atoms with E-state index < -0.39 is 0 Å². The molecule has 0 saturated heterocycles. The first-order valence-electron chi connectivity index (χ1n) is 10.4. The molecule has 0 atom stereocenters. The van der Waals surface area contributed by atoms with Crippen LogP contribution in [0.3, 0.4) is 0 Å². The topological polar surface area (TPSA) is 51.3 Å². The molecule has 0 N–H and O–H groups in total. The maximum absolute atomic E-state index is 13.8. The Labute approximate surface area is 204 Å². The summed E-state index contributed by atoms with van der Waals surface area (Å²) in [4.78, 5) is 20.3. The smallest absolute Gasteiger partial charge is 0.261 e. The molecule has 0 saturated carbocycles. The zero-order valence-corrected chi connectivity index (χ0v) is 19.8. The molecular formula is C26H19BrClN3O2. The van der Waals surface area contributed by atoms with Gasteiger partial charge in [-0.3, -0.25) is 9.69 Å². The summed E-state index contributed by atoms with van der Waals surface area (Å²) in [5.74, 6) is 0.982. The lowest BCUT2D eigenvalue weighted by molar-refractivity contribution is 0.0981. The number of para-hydroxylation sites is 2. The minimum Gasteiger partial charge on any atom is -0.467 e. The molecule has 2 aromatic heterocycles. The summed E-state index contributed by atoms with van der Waals surface area (Å²) in [7, 11) is 0. The van der Waals surface area contributed by atoms with Crippen molar-refractivity contribution in [3.8, 4) is 0 Å². The van der Waals surface area contributed by atoms with Crippen molar-refractivity contribution in [2.45, 2.75) is 13.1 Å². The van der Waals surface area contributed by atoms with E-state index in [1.165, 1.54) is 0 Å². The van der Waals surface area contributed by atoms with Crippen LogP contribution in [0.25, 0.3) is 11.0 Å². The third-order valence-electron chi connectivity index (χ3n) is 5.37. The lowest BCUT2D eigenvalue weighted by atomic mass is 10.2. The van der Waals surface area contributed by atoms with Gasteiger partial charge in [0.05, 0.1) is 35.4 Å². The fraction of sp³-hybridized carbons (Fsp3) is 0.0769. The molecule has 5 aromatic rings. The number of carbonyl (C=O) groups excluding carboxylic acids is 1. The number of hydrogen-bond acceptors (Lipinski definition) is 3. The first-order valence-corrected chi connectivity index (χ1v) is 11.6. The number of rotatable bonds is 6. The second kappa shape index (κ2) is 9.25. The van der Waals surface area contributed by atoms with Crippen molar-refractivity contribution in [2.24, 2.45) is 0 Å². The second-order valence-electron chi connectivity index (χ2n) is 7.57. The van der Waals surface area contributed by atoms with Gasteiger partial charge in [0.2, 0.25) is 5.95 Å². The standard InChI is InChI=1S/C26H19BrClN3O2/c27-21-13-12-19(15-22(21)28)25(32)31(17-20-9-6-14-33-20)26-29-23-10-4-5-11-24(23)30(26)16-18-7-2-1-3-8-18/h1-15H,16-17H2. The largest absolute Gasteiger partial charge is 0.467 e. The molecule has 0 fully saturated rings. The summed E-state index contributed by atoms with van der Waals surface area (Å²) in [5.41, 5.74) is 3.34. The maximum Gasteiger partial charge on any atom is 0.261 e. The zero-order valence-electron chi connectivity index (χ0n) is 17.5. The highest BCUT2D eigenvalue weighted by atomic mass is 79.9. The van der Waals surface area contributed by atoms with Crippen LogP contribution >= 0.6 is 27.5 Å². The molecule has 0 spiro atoms. The molecule has 7 heteroatoms. The predicted molar refractivity (Wildman–Crippen MR) is 134 cm³/mol. The van der Waals surface area contributed by atoms with Crippen LogP contribution in [0.15, 0.2) is 100 Å². The van der Waals surface area contributed by atoms with Gasteiger partial charge in [0, 0.05) is 10.0 Å². The molecule has 0 bridgehead atoms. The van der Waals surface area contributed by atoms with Crippen molar-refractivity contribution < 1.29 is 9.21 Å². The molecule has 0 aliphatic carbocycles. The lowest BCUT2D eigenvalue weighted by Gasteiger charge is -2.22. The molecule has 33 heavy (non-hydrogen) atoms. The van der Waals surface area contributed by atoms with Crippen LogP contribution in [0.4, 0.5) is 5.95 Å². The second-order valence-corrected chi connectivity index (χ2v) is 8.83. The van der Waals surface area contributed by atoms with Crippen LogP contribution in [-0.4, -0.2) is 15.5 Å². The van der Waals surface area contributed by atoms with Gasteiger partial charge in [-0.1, -0.05) is 54.1 Å². The number of amides is 1. The number of furan rings is 1. The van der Waals surface area contributed by atoms with Crippen LogP contribution in [0, 0.1) is 0 Å². The van der Waals surface area contributed by atoms with Crippen molar-refractivity contribution in [3.63, 3.8) is 0 Å². The predicted octanol–water partition coefficient (Wildman–Crippen LogP) is 6.94. The molecule has 0 aliphatic heterocycles. The fourth-order valence-corrected chi connectivity index (χ4v) is 4.19. The van der Waals surface area contributed by atoms with Crippen LogP contribution < -0.4 is 4.90 Å². The number of aromatic nitrogens is 2. The molecule has 164 valence electrons. The molecular weight excluding hydrogens is 502 g/mol. The van der Waals surface area contributed by atoms with Crippen LogP contribution in [0.2, 0.25) is 5.02 Å². The number of nitrogens with zero attached hydrogens (tertiary/aromatic N) is 3. The molecule has 1 amide bonds. The Morgan fingerprint density at radius 2 is 1.79 bits per heavy atom. The Morgan fingerprint density at radius 3 is 2.55 bits per heavy atom. The van der Waals surface area contributed by atoms with E-state index in [1.807, 2.05) is 48.5 Å². The summed E-state index contributed by atoms with van der Waals surface area (Å²) in [6.45, 7) is 0.803. The number of fused-ring (bicyclic) bond motifs is 1. The van der Waals surface area contributed by atoms with Crippen molar-refractivity contribution in [1.29, 1.82) is 0 Å². The first kappa shape index (κ1) is 21.5. The third kappa shape index (κ3) is 4.45. The molecule has 5 nitrogen and oxygen atoms in total. The Kier molecular flexibility index (Phi) is 6.03. The van der Waals surface area contributed by atoms with E-state index in [0.717, 1.165) is 21.1 Å². The lowest BCUT2D eigenvalue weighted by Crippen LogP contribution is -2.33. The van der Waals surface area contributed by atoms with Gasteiger partial charge in [-0.05, 0) is 64.0 Å². The van der Waals surface area contributed by atoms with E-state index in [1.54, 1.807) is 35.4 Å². The molecule has 0 aliphatic rings. The van der Waals surface area contributed by atoms with Crippen molar-refractivity contribution in [2.75, 3.05) is 4.90 Å². The van der Waals surface area contributed by atoms with Crippen molar-refractivity contribution >= 4 is 50.4 Å². The van der Waals surface area contributed by atoms with Crippen molar-refractivity contribution in [1.82, 2.24) is 9.55 Å². The van der Waals surface area contributed by atoms with Gasteiger partial charge in [0.1, 0.15) is 5.76 Å². The summed E-state index contributed by atoms with van der Waals surface area (Å²) in [6.07, 6.45) is 1.60. The van der Waals surface area contributed by atoms with E-state index in [4.69, 9.17) is 21.0 Å². The number of carbonyl (C=O) groups is 1. The van der Waals surface area contributed by atoms with Gasteiger partial charge < -0.3 is 8.98 Å². The van der Waals surface area contributed by atoms with Gasteiger partial charge in [-0.15, -0.1) is 0 Å². The Morgan fingerprint density at radius 1 is 1.00 bits per heavy atom. The third-order valence-corrected chi connectivity index (χ3v) is 6.60. The Hall–Kier alpha value is -3.35. The van der Waals surface area contributed by atoms with Gasteiger partial charge >= 0.3 is 0 Å². The highest BCUT2D eigenvalue weighted by Crippen LogP contribution is 2.29. The van der Waals surface area contributed by atoms with E-state index in [0.29, 0.717) is 28.8 Å². The summed E-state index contributed by atoms with van der Waals surface area (Å²) >= 11 is 9.69. The SMILES string of the molecule is O=C(c1ccc(Br)c(Cl)c1)N(Cc1ccco1)c1nc2ccccc2n1Cc1ccccc1. The number of imidazole rings is 1. The average molecular weight is 521 g/mol. The number of halogens is 2. The Bertz CT molecular complexity index is 1410. The minimum atomic E-state index is -0.217. The molecule has 3 aromatic carbocycles. The molecule has 0 radical (unpaired) electrons. The summed E-state index contributed by atoms with van der Waals surface area (Å²) < 4.78 is 8.37. The molecule has 5 rings (SSSR count). The highest BCUT2D eigenvalue weighted by molar-refractivity contribution is 9.10. The maximum atomic E-state index is 13.8. The van der Waals surface area contributed by atoms with E-state index >= 15 is 0 Å². The number of anilines is 1. The minimum absolute atomic E-state index is 0.217. The fourth-order valence-electron chi connectivity index (χ4n) is 3.77. The monoisotopic (exact) mass is 519 g/mol. The Balaban J connectivity index is 1.65. The van der Waals surface area contributed by atoms with Crippen LogP contribution in [0.5, 0.6) is 0 Å². The van der Waals surface area contributed by atoms with E-state index in [-0.39, 0.29) is 12.5 Å². The van der Waals surface area contributed by atoms with Crippen LogP contribution in [0.1, 0.15) is 21.7 Å². The van der Waals surface area contributed by atoms with Gasteiger partial charge in [0.15, 0.2) is 0 Å². The van der Waals surface area contributed by atoms with E-state index in [9.17, 15) is 4.79 Å². The first-order chi connectivity index (χ1) is 16.1. The summed E-state index contributed by atoms with van der Waals surface area (Å²) in [6, 6.07) is 26.8.